The predicted molar refractivity (Wildman–Crippen MR) is 104 cm³/mol. The van der Waals surface area contributed by atoms with Crippen molar-refractivity contribution in [3.8, 4) is 5.75 Å². The molecule has 136 valence electrons. The van der Waals surface area contributed by atoms with E-state index in [0.717, 1.165) is 10.4 Å². The molecule has 0 aliphatic rings. The van der Waals surface area contributed by atoms with Crippen LogP contribution in [-0.2, 0) is 11.2 Å². The first-order chi connectivity index (χ1) is 12.4. The summed E-state index contributed by atoms with van der Waals surface area (Å²) in [6.45, 7) is 3.88. The van der Waals surface area contributed by atoms with E-state index in [1.807, 2.05) is 13.8 Å². The van der Waals surface area contributed by atoms with Crippen LogP contribution in [0, 0.1) is 13.8 Å². The largest absolute Gasteiger partial charge is 0.495 e. The summed E-state index contributed by atoms with van der Waals surface area (Å²) in [5, 5.41) is 3.41. The number of hydrogen-bond acceptors (Lipinski definition) is 6. The number of nitrogens with zero attached hydrogens (tertiary/aromatic N) is 1. The van der Waals surface area contributed by atoms with Crippen LogP contribution in [0.1, 0.15) is 22.7 Å². The zero-order valence-corrected chi connectivity index (χ0v) is 15.6. The molecule has 26 heavy (non-hydrogen) atoms. The Hall–Kier alpha value is -2.87. The number of amides is 1. The maximum atomic E-state index is 12.3. The molecule has 7 nitrogen and oxygen atoms in total. The molecule has 0 fully saturated rings. The number of carbonyl (C=O) groups excluding carboxylic acids is 1. The molecule has 2 aromatic heterocycles. The maximum absolute atomic E-state index is 12.3. The number of aromatic amines is 1. The van der Waals surface area contributed by atoms with Gasteiger partial charge >= 0.3 is 0 Å². The predicted octanol–water partition coefficient (Wildman–Crippen LogP) is 2.76. The zero-order valence-electron chi connectivity index (χ0n) is 14.8. The Morgan fingerprint density at radius 3 is 2.85 bits per heavy atom. The lowest BCUT2D eigenvalue weighted by Gasteiger charge is -2.08. The van der Waals surface area contributed by atoms with Crippen molar-refractivity contribution in [1.82, 2.24) is 9.97 Å². The highest BCUT2D eigenvalue weighted by atomic mass is 32.1. The standard InChI is InChI=1S/C18H20N4O3S/c1-9-10(2)26-18-16(9)17(24)21-14(22-18)6-7-15(23)20-11-4-5-13(25-3)12(19)8-11/h4-5,8H,6-7,19H2,1-3H3,(H,20,23)(H,21,22,24). The van der Waals surface area contributed by atoms with Crippen molar-refractivity contribution in [2.75, 3.05) is 18.2 Å². The molecule has 0 spiro atoms. The molecule has 3 rings (SSSR count). The van der Waals surface area contributed by atoms with Gasteiger partial charge in [0.05, 0.1) is 18.2 Å². The van der Waals surface area contributed by atoms with Crippen LogP contribution in [0.15, 0.2) is 23.0 Å². The van der Waals surface area contributed by atoms with Crippen LogP contribution in [0.4, 0.5) is 11.4 Å². The number of anilines is 2. The molecule has 1 aromatic carbocycles. The number of H-pyrrole nitrogens is 1. The van der Waals surface area contributed by atoms with Crippen LogP contribution in [-0.4, -0.2) is 23.0 Å². The lowest BCUT2D eigenvalue weighted by molar-refractivity contribution is -0.116. The number of nitrogens with two attached hydrogens (primary N) is 1. The van der Waals surface area contributed by atoms with Crippen molar-refractivity contribution in [2.24, 2.45) is 0 Å². The smallest absolute Gasteiger partial charge is 0.259 e. The highest BCUT2D eigenvalue weighted by Crippen LogP contribution is 2.26. The molecule has 0 unspecified atom stereocenters. The SMILES string of the molecule is COc1ccc(NC(=O)CCc2nc3sc(C)c(C)c3c(=O)[nH]2)cc1N. The summed E-state index contributed by atoms with van der Waals surface area (Å²) in [6, 6.07) is 5.05. The van der Waals surface area contributed by atoms with Crippen molar-refractivity contribution < 1.29 is 9.53 Å². The van der Waals surface area contributed by atoms with E-state index in [-0.39, 0.29) is 17.9 Å². The van der Waals surface area contributed by atoms with E-state index in [4.69, 9.17) is 10.5 Å². The van der Waals surface area contributed by atoms with Crippen molar-refractivity contribution in [2.45, 2.75) is 26.7 Å². The Morgan fingerprint density at radius 1 is 1.38 bits per heavy atom. The number of nitrogens with one attached hydrogen (secondary N) is 2. The Bertz CT molecular complexity index is 1040. The van der Waals surface area contributed by atoms with Gasteiger partial charge in [0.2, 0.25) is 5.91 Å². The van der Waals surface area contributed by atoms with Crippen molar-refractivity contribution in [3.63, 3.8) is 0 Å². The van der Waals surface area contributed by atoms with Gasteiger partial charge in [0.15, 0.2) is 0 Å². The number of hydrogen-bond donors (Lipinski definition) is 3. The van der Waals surface area contributed by atoms with Gasteiger partial charge in [-0.1, -0.05) is 0 Å². The van der Waals surface area contributed by atoms with E-state index in [1.54, 1.807) is 18.2 Å². The third-order valence-corrected chi connectivity index (χ3v) is 5.29. The molecule has 0 saturated carbocycles. The first-order valence-corrected chi connectivity index (χ1v) is 8.93. The highest BCUT2D eigenvalue weighted by Gasteiger charge is 2.13. The fourth-order valence-electron chi connectivity index (χ4n) is 2.69. The summed E-state index contributed by atoms with van der Waals surface area (Å²) >= 11 is 1.49. The van der Waals surface area contributed by atoms with Gasteiger partial charge in [0.1, 0.15) is 16.4 Å². The summed E-state index contributed by atoms with van der Waals surface area (Å²) in [7, 11) is 1.53. The number of methoxy groups -OCH3 is 1. The molecule has 0 aliphatic heterocycles. The van der Waals surface area contributed by atoms with Gasteiger partial charge in [0, 0.05) is 23.4 Å². The topological polar surface area (TPSA) is 110 Å². The molecular weight excluding hydrogens is 352 g/mol. The average Bonchev–Trinajstić information content (AvgIpc) is 2.88. The first kappa shape index (κ1) is 17.9. The van der Waals surface area contributed by atoms with Gasteiger partial charge in [0.25, 0.3) is 5.56 Å². The monoisotopic (exact) mass is 372 g/mol. The zero-order chi connectivity index (χ0) is 18.8. The number of thiophene rings is 1. The number of fused-ring (bicyclic) bond motifs is 1. The molecule has 4 N–H and O–H groups in total. The van der Waals surface area contributed by atoms with E-state index in [0.29, 0.717) is 39.6 Å². The van der Waals surface area contributed by atoms with Crippen LogP contribution in [0.2, 0.25) is 0 Å². The van der Waals surface area contributed by atoms with E-state index >= 15 is 0 Å². The molecular formula is C18H20N4O3S. The van der Waals surface area contributed by atoms with Crippen molar-refractivity contribution in [1.29, 1.82) is 0 Å². The minimum atomic E-state index is -0.184. The highest BCUT2D eigenvalue weighted by molar-refractivity contribution is 7.18. The maximum Gasteiger partial charge on any atom is 0.259 e. The van der Waals surface area contributed by atoms with Gasteiger partial charge in [-0.3, -0.25) is 9.59 Å². The van der Waals surface area contributed by atoms with Crippen LogP contribution >= 0.6 is 11.3 Å². The lowest BCUT2D eigenvalue weighted by Crippen LogP contribution is -2.16. The Kier molecular flexibility index (Phi) is 4.94. The molecule has 2 heterocycles. The Morgan fingerprint density at radius 2 is 2.15 bits per heavy atom. The second kappa shape index (κ2) is 7.17. The Balaban J connectivity index is 1.69. The van der Waals surface area contributed by atoms with Crippen molar-refractivity contribution in [3.05, 3.63) is 44.8 Å². The van der Waals surface area contributed by atoms with Crippen LogP contribution in [0.25, 0.3) is 10.2 Å². The lowest BCUT2D eigenvalue weighted by atomic mass is 10.2. The van der Waals surface area contributed by atoms with E-state index in [9.17, 15) is 9.59 Å². The summed E-state index contributed by atoms with van der Waals surface area (Å²) in [4.78, 5) is 33.4. The van der Waals surface area contributed by atoms with Crippen molar-refractivity contribution >= 4 is 38.8 Å². The fraction of sp³-hybridized carbons (Fsp3) is 0.278. The number of carbonyl (C=O) groups is 1. The molecule has 0 bridgehead atoms. The summed E-state index contributed by atoms with van der Waals surface area (Å²) in [5.41, 5.74) is 7.67. The van der Waals surface area contributed by atoms with E-state index in [1.165, 1.54) is 18.4 Å². The first-order valence-electron chi connectivity index (χ1n) is 8.11. The number of aromatic nitrogens is 2. The molecule has 0 aliphatic carbocycles. The molecule has 8 heteroatoms. The number of rotatable bonds is 5. The molecule has 0 saturated heterocycles. The molecule has 1 amide bonds. The second-order valence-corrected chi connectivity index (χ2v) is 7.18. The van der Waals surface area contributed by atoms with Crippen LogP contribution < -0.4 is 21.3 Å². The molecule has 0 atom stereocenters. The van der Waals surface area contributed by atoms with Gasteiger partial charge < -0.3 is 20.8 Å². The van der Waals surface area contributed by atoms with E-state index in [2.05, 4.69) is 15.3 Å². The number of aryl methyl sites for hydroxylation is 3. The minimum absolute atomic E-state index is 0.157. The van der Waals surface area contributed by atoms with Crippen LogP contribution in [0.5, 0.6) is 5.75 Å². The third-order valence-electron chi connectivity index (χ3n) is 4.19. The van der Waals surface area contributed by atoms with Gasteiger partial charge in [-0.15, -0.1) is 11.3 Å². The average molecular weight is 372 g/mol. The number of benzene rings is 1. The third kappa shape index (κ3) is 3.55. The quantitative estimate of drug-likeness (QED) is 0.597. The van der Waals surface area contributed by atoms with Gasteiger partial charge in [-0.05, 0) is 37.6 Å². The number of ether oxygens (including phenoxy) is 1. The van der Waals surface area contributed by atoms with Crippen LogP contribution in [0.3, 0.4) is 0 Å². The fourth-order valence-corrected chi connectivity index (χ4v) is 3.73. The summed E-state index contributed by atoms with van der Waals surface area (Å²) < 4.78 is 5.09. The Labute approximate surface area is 154 Å². The van der Waals surface area contributed by atoms with Gasteiger partial charge in [-0.25, -0.2) is 4.98 Å². The van der Waals surface area contributed by atoms with E-state index < -0.39 is 0 Å². The second-order valence-electron chi connectivity index (χ2n) is 5.98. The summed E-state index contributed by atoms with van der Waals surface area (Å²) in [6.07, 6.45) is 0.544. The normalized spacial score (nSPS) is 10.9. The molecule has 0 radical (unpaired) electrons. The number of nitrogen functional groups attached to an aromatic ring is 1. The summed E-state index contributed by atoms with van der Waals surface area (Å²) in [5.74, 6) is 0.878. The van der Waals surface area contributed by atoms with Gasteiger partial charge in [-0.2, -0.15) is 0 Å². The minimum Gasteiger partial charge on any atom is -0.495 e. The molecule has 3 aromatic rings.